The van der Waals surface area contributed by atoms with E-state index in [1.54, 1.807) is 20.8 Å². The van der Waals surface area contributed by atoms with E-state index in [1.807, 2.05) is 0 Å². The molecule has 1 fully saturated rings. The highest BCUT2D eigenvalue weighted by Gasteiger charge is 2.50. The van der Waals surface area contributed by atoms with Crippen molar-refractivity contribution in [1.82, 2.24) is 4.90 Å². The zero-order valence-corrected chi connectivity index (χ0v) is 10.7. The molecule has 4 nitrogen and oxygen atoms in total. The van der Waals surface area contributed by atoms with Crippen LogP contribution in [0.1, 0.15) is 27.2 Å². The van der Waals surface area contributed by atoms with Gasteiger partial charge in [0, 0.05) is 6.42 Å². The molecule has 1 heterocycles. The Morgan fingerprint density at radius 3 is 2.44 bits per heavy atom. The normalized spacial score (nSPS) is 22.7. The van der Waals surface area contributed by atoms with Crippen LogP contribution in [0.4, 0.5) is 13.6 Å². The Hall–Kier alpha value is -1.46. The predicted molar refractivity (Wildman–Crippen MR) is 61.5 cm³/mol. The van der Waals surface area contributed by atoms with E-state index >= 15 is 0 Å². The van der Waals surface area contributed by atoms with Crippen molar-refractivity contribution in [3.63, 3.8) is 0 Å². The monoisotopic (exact) mass is 261 g/mol. The van der Waals surface area contributed by atoms with Crippen LogP contribution in [0.15, 0.2) is 12.7 Å². The average molecular weight is 261 g/mol. The SMILES string of the molecule is C=CC(=O)[C@H]1CC(F)(F)CN1C(=O)OC(C)(C)C. The van der Waals surface area contributed by atoms with E-state index in [0.29, 0.717) is 0 Å². The number of halogens is 2. The van der Waals surface area contributed by atoms with E-state index in [9.17, 15) is 18.4 Å². The van der Waals surface area contributed by atoms with Gasteiger partial charge in [-0.2, -0.15) is 0 Å². The Bertz CT molecular complexity index is 374. The largest absolute Gasteiger partial charge is 0.444 e. The maximum absolute atomic E-state index is 13.3. The van der Waals surface area contributed by atoms with Gasteiger partial charge in [0.15, 0.2) is 5.78 Å². The Kier molecular flexibility index (Phi) is 3.78. The van der Waals surface area contributed by atoms with Crippen LogP contribution < -0.4 is 0 Å². The molecule has 0 aromatic carbocycles. The van der Waals surface area contributed by atoms with Crippen molar-refractivity contribution in [2.45, 2.75) is 44.8 Å². The summed E-state index contributed by atoms with van der Waals surface area (Å²) in [5.74, 6) is -3.67. The fourth-order valence-electron chi connectivity index (χ4n) is 1.72. The molecule has 102 valence electrons. The number of carbonyl (C=O) groups is 2. The number of alkyl halides is 2. The molecule has 0 unspecified atom stereocenters. The third kappa shape index (κ3) is 3.51. The molecule has 6 heteroatoms. The lowest BCUT2D eigenvalue weighted by molar-refractivity contribution is -0.118. The molecule has 0 spiro atoms. The molecule has 0 radical (unpaired) electrons. The smallest absolute Gasteiger partial charge is 0.411 e. The third-order valence-corrected chi connectivity index (χ3v) is 2.43. The van der Waals surface area contributed by atoms with Crippen LogP contribution in [0.3, 0.4) is 0 Å². The Labute approximate surface area is 105 Å². The summed E-state index contributed by atoms with van der Waals surface area (Å²) in [7, 11) is 0. The van der Waals surface area contributed by atoms with Gasteiger partial charge in [-0.1, -0.05) is 6.58 Å². The van der Waals surface area contributed by atoms with Crippen molar-refractivity contribution < 1.29 is 23.1 Å². The van der Waals surface area contributed by atoms with Crippen LogP contribution in [-0.4, -0.2) is 40.9 Å². The van der Waals surface area contributed by atoms with Crippen LogP contribution in [0.2, 0.25) is 0 Å². The molecule has 0 aromatic rings. The summed E-state index contributed by atoms with van der Waals surface area (Å²) in [6.45, 7) is 7.33. The lowest BCUT2D eigenvalue weighted by Gasteiger charge is -2.27. The summed E-state index contributed by atoms with van der Waals surface area (Å²) >= 11 is 0. The van der Waals surface area contributed by atoms with E-state index in [-0.39, 0.29) is 0 Å². The van der Waals surface area contributed by atoms with Gasteiger partial charge >= 0.3 is 6.09 Å². The van der Waals surface area contributed by atoms with Crippen molar-refractivity contribution >= 4 is 11.9 Å². The fraction of sp³-hybridized carbons (Fsp3) is 0.667. The van der Waals surface area contributed by atoms with Crippen LogP contribution >= 0.6 is 0 Å². The number of carbonyl (C=O) groups excluding carboxylic acids is 2. The zero-order chi connectivity index (χ0) is 14.1. The first-order valence-corrected chi connectivity index (χ1v) is 5.59. The second kappa shape index (κ2) is 4.66. The summed E-state index contributed by atoms with van der Waals surface area (Å²) in [5.41, 5.74) is -0.795. The van der Waals surface area contributed by atoms with Gasteiger partial charge in [-0.15, -0.1) is 0 Å². The number of hydrogen-bond donors (Lipinski definition) is 0. The number of rotatable bonds is 2. The first kappa shape index (κ1) is 14.6. The maximum Gasteiger partial charge on any atom is 0.411 e. The van der Waals surface area contributed by atoms with E-state index in [2.05, 4.69) is 6.58 Å². The van der Waals surface area contributed by atoms with E-state index in [4.69, 9.17) is 4.74 Å². The van der Waals surface area contributed by atoms with Gasteiger partial charge in [-0.05, 0) is 26.8 Å². The molecule has 1 saturated heterocycles. The van der Waals surface area contributed by atoms with Gasteiger partial charge in [-0.3, -0.25) is 9.69 Å². The molecule has 0 aliphatic carbocycles. The average Bonchev–Trinajstić information content (AvgIpc) is 2.51. The van der Waals surface area contributed by atoms with Gasteiger partial charge in [-0.25, -0.2) is 13.6 Å². The van der Waals surface area contributed by atoms with E-state index in [0.717, 1.165) is 11.0 Å². The molecular weight excluding hydrogens is 244 g/mol. The summed E-state index contributed by atoms with van der Waals surface area (Å²) in [6, 6.07) is -1.19. The third-order valence-electron chi connectivity index (χ3n) is 2.43. The van der Waals surface area contributed by atoms with Crippen LogP contribution in [0, 0.1) is 0 Å². The molecule has 1 aliphatic rings. The van der Waals surface area contributed by atoms with Crippen LogP contribution in [-0.2, 0) is 9.53 Å². The molecule has 1 aliphatic heterocycles. The first-order valence-electron chi connectivity index (χ1n) is 5.59. The van der Waals surface area contributed by atoms with Crippen molar-refractivity contribution in [2.75, 3.05) is 6.54 Å². The van der Waals surface area contributed by atoms with Crippen molar-refractivity contribution in [3.05, 3.63) is 12.7 Å². The molecule has 0 aromatic heterocycles. The maximum atomic E-state index is 13.3. The van der Waals surface area contributed by atoms with Crippen molar-refractivity contribution in [3.8, 4) is 0 Å². The lowest BCUT2D eigenvalue weighted by Crippen LogP contribution is -2.43. The molecule has 1 rings (SSSR count). The number of amides is 1. The summed E-state index contributed by atoms with van der Waals surface area (Å²) in [6.07, 6.45) is -0.638. The fourth-order valence-corrected chi connectivity index (χ4v) is 1.72. The molecular formula is C12H17F2NO3. The molecule has 1 atom stereocenters. The highest BCUT2D eigenvalue weighted by Crippen LogP contribution is 2.33. The highest BCUT2D eigenvalue weighted by atomic mass is 19.3. The Morgan fingerprint density at radius 1 is 1.44 bits per heavy atom. The number of ether oxygens (including phenoxy) is 1. The van der Waals surface area contributed by atoms with Gasteiger partial charge in [0.25, 0.3) is 5.92 Å². The Morgan fingerprint density at radius 2 is 2.00 bits per heavy atom. The van der Waals surface area contributed by atoms with Gasteiger partial charge in [0.05, 0.1) is 6.54 Å². The second-order valence-corrected chi connectivity index (χ2v) is 5.29. The second-order valence-electron chi connectivity index (χ2n) is 5.29. The first-order chi connectivity index (χ1) is 8.06. The topological polar surface area (TPSA) is 46.6 Å². The minimum atomic E-state index is -3.07. The number of ketones is 1. The molecule has 18 heavy (non-hydrogen) atoms. The molecule has 0 N–H and O–H groups in total. The predicted octanol–water partition coefficient (Wildman–Crippen LogP) is 2.39. The van der Waals surface area contributed by atoms with Gasteiger partial charge in [0.1, 0.15) is 11.6 Å². The standard InChI is InChI=1S/C12H17F2NO3/c1-5-9(16)8-6-12(13,14)7-15(8)10(17)18-11(2,3)4/h5,8H,1,6-7H2,2-4H3/t8-/m1/s1. The molecule has 1 amide bonds. The van der Waals surface area contributed by atoms with Crippen LogP contribution in [0.5, 0.6) is 0 Å². The van der Waals surface area contributed by atoms with Crippen LogP contribution in [0.25, 0.3) is 0 Å². The zero-order valence-electron chi connectivity index (χ0n) is 10.7. The van der Waals surface area contributed by atoms with Crippen molar-refractivity contribution in [1.29, 1.82) is 0 Å². The number of hydrogen-bond acceptors (Lipinski definition) is 3. The summed E-state index contributed by atoms with van der Waals surface area (Å²) in [5, 5.41) is 0. The summed E-state index contributed by atoms with van der Waals surface area (Å²) in [4.78, 5) is 24.0. The Balaban J connectivity index is 2.87. The molecule has 0 bridgehead atoms. The highest BCUT2D eigenvalue weighted by molar-refractivity contribution is 5.96. The number of likely N-dealkylation sites (tertiary alicyclic amines) is 1. The minimum absolute atomic E-state index is 0.599. The quantitative estimate of drug-likeness (QED) is 0.717. The van der Waals surface area contributed by atoms with Gasteiger partial charge in [0.2, 0.25) is 0 Å². The van der Waals surface area contributed by atoms with E-state index < -0.39 is 42.4 Å². The van der Waals surface area contributed by atoms with E-state index in [1.165, 1.54) is 0 Å². The lowest BCUT2D eigenvalue weighted by atomic mass is 10.1. The number of nitrogens with zero attached hydrogens (tertiary/aromatic N) is 1. The minimum Gasteiger partial charge on any atom is -0.444 e. The van der Waals surface area contributed by atoms with Gasteiger partial charge < -0.3 is 4.74 Å². The van der Waals surface area contributed by atoms with Crippen molar-refractivity contribution in [2.24, 2.45) is 0 Å². The summed E-state index contributed by atoms with van der Waals surface area (Å²) < 4.78 is 31.6. The molecule has 0 saturated carbocycles.